The molecule has 2 heterocycles. The Kier molecular flexibility index (Phi) is 4.83. The van der Waals surface area contributed by atoms with Crippen LogP contribution in [0.4, 0.5) is 5.13 Å². The number of nitrogens with zero attached hydrogens (tertiary/aromatic N) is 1. The van der Waals surface area contributed by atoms with Crippen LogP contribution in [0, 0.1) is 0 Å². The molecule has 0 spiro atoms. The maximum Gasteiger partial charge on any atom is 0.293 e. The third-order valence-corrected chi connectivity index (χ3v) is 5.70. The van der Waals surface area contributed by atoms with Crippen LogP contribution in [0.15, 0.2) is 88.7 Å². The number of halogens is 1. The first kappa shape index (κ1) is 18.6. The Morgan fingerprint density at radius 1 is 0.900 bits per heavy atom. The van der Waals surface area contributed by atoms with E-state index in [1.54, 1.807) is 24.3 Å². The van der Waals surface area contributed by atoms with Crippen LogP contribution in [-0.4, -0.2) is 10.9 Å². The molecule has 0 saturated carbocycles. The van der Waals surface area contributed by atoms with Crippen molar-refractivity contribution >= 4 is 44.7 Å². The number of anilines is 1. The minimum Gasteiger partial charge on any atom is -0.451 e. The number of fused-ring (bicyclic) bond motifs is 1. The topological polar surface area (TPSA) is 55.1 Å². The lowest BCUT2D eigenvalue weighted by Gasteiger charge is -2.01. The van der Waals surface area contributed by atoms with Crippen molar-refractivity contribution in [3.8, 4) is 22.6 Å². The van der Waals surface area contributed by atoms with Crippen LogP contribution in [-0.2, 0) is 0 Å². The molecule has 4 nitrogen and oxygen atoms in total. The molecule has 0 aliphatic carbocycles. The molecule has 0 aliphatic heterocycles. The van der Waals surface area contributed by atoms with Gasteiger partial charge in [-0.2, -0.15) is 0 Å². The van der Waals surface area contributed by atoms with Crippen LogP contribution in [0.5, 0.6) is 0 Å². The quantitative estimate of drug-likeness (QED) is 0.330. The molecule has 0 saturated heterocycles. The summed E-state index contributed by atoms with van der Waals surface area (Å²) in [5, 5.41) is 8.20. The minimum absolute atomic E-state index is 0.215. The van der Waals surface area contributed by atoms with Gasteiger partial charge in [-0.15, -0.1) is 11.3 Å². The van der Waals surface area contributed by atoms with Crippen molar-refractivity contribution in [3.05, 3.63) is 95.0 Å². The highest BCUT2D eigenvalue weighted by molar-refractivity contribution is 7.14. The predicted octanol–water partition coefficient (Wildman–Crippen LogP) is 7.13. The fourth-order valence-electron chi connectivity index (χ4n) is 3.23. The molecule has 146 valence electrons. The summed E-state index contributed by atoms with van der Waals surface area (Å²) in [6, 6.07) is 25.1. The number of amides is 1. The largest absolute Gasteiger partial charge is 0.451 e. The van der Waals surface area contributed by atoms with E-state index in [0.717, 1.165) is 22.2 Å². The molecule has 0 atom stereocenters. The van der Waals surface area contributed by atoms with Gasteiger partial charge in [0.25, 0.3) is 5.91 Å². The van der Waals surface area contributed by atoms with Gasteiger partial charge in [0.05, 0.1) is 5.69 Å². The van der Waals surface area contributed by atoms with Gasteiger partial charge in [0.2, 0.25) is 0 Å². The number of hydrogen-bond donors (Lipinski definition) is 1. The number of hydrogen-bond acceptors (Lipinski definition) is 4. The number of benzene rings is 3. The van der Waals surface area contributed by atoms with Crippen molar-refractivity contribution in [1.82, 2.24) is 4.98 Å². The van der Waals surface area contributed by atoms with Crippen molar-refractivity contribution in [2.75, 3.05) is 5.32 Å². The average molecular weight is 431 g/mol. The molecule has 0 radical (unpaired) electrons. The Bertz CT molecular complexity index is 1370. The summed E-state index contributed by atoms with van der Waals surface area (Å²) in [4.78, 5) is 17.1. The average Bonchev–Trinajstić information content (AvgIpc) is 3.43. The monoisotopic (exact) mass is 430 g/mol. The molecule has 0 bridgehead atoms. The number of thiazole rings is 1. The molecular weight excluding hydrogens is 416 g/mol. The van der Waals surface area contributed by atoms with Crippen molar-refractivity contribution in [2.45, 2.75) is 0 Å². The molecule has 5 rings (SSSR count). The fourth-order valence-corrected chi connectivity index (χ4v) is 4.13. The van der Waals surface area contributed by atoms with Gasteiger partial charge in [0.15, 0.2) is 10.9 Å². The summed E-state index contributed by atoms with van der Waals surface area (Å²) in [6.07, 6.45) is 0. The normalized spacial score (nSPS) is 11.0. The van der Waals surface area contributed by atoms with Crippen molar-refractivity contribution in [1.29, 1.82) is 0 Å². The van der Waals surface area contributed by atoms with Gasteiger partial charge in [0, 0.05) is 21.5 Å². The van der Waals surface area contributed by atoms with Crippen molar-refractivity contribution < 1.29 is 9.21 Å². The van der Waals surface area contributed by atoms with E-state index in [2.05, 4.69) is 34.6 Å². The van der Waals surface area contributed by atoms with E-state index in [9.17, 15) is 4.79 Å². The Morgan fingerprint density at radius 3 is 2.63 bits per heavy atom. The standard InChI is InChI=1S/C24H15ClN2O2S/c25-19-7-3-6-18(13-19)21-10-11-22(29-21)23(28)27-24-26-20(14-30-24)17-9-8-15-4-1-2-5-16(15)12-17/h1-14H,(H,26,27,28). The van der Waals surface area contributed by atoms with Crippen molar-refractivity contribution in [3.63, 3.8) is 0 Å². The number of carbonyl (C=O) groups excluding carboxylic acids is 1. The minimum atomic E-state index is -0.345. The van der Waals surface area contributed by atoms with Gasteiger partial charge < -0.3 is 4.42 Å². The molecule has 0 fully saturated rings. The highest BCUT2D eigenvalue weighted by atomic mass is 35.5. The Balaban J connectivity index is 1.34. The zero-order valence-electron chi connectivity index (χ0n) is 15.6. The molecule has 30 heavy (non-hydrogen) atoms. The van der Waals surface area contributed by atoms with Crippen LogP contribution in [0.1, 0.15) is 10.6 Å². The highest BCUT2D eigenvalue weighted by Crippen LogP contribution is 2.29. The molecule has 1 N–H and O–H groups in total. The molecule has 6 heteroatoms. The fraction of sp³-hybridized carbons (Fsp3) is 0. The van der Waals surface area contributed by atoms with Crippen LogP contribution in [0.25, 0.3) is 33.4 Å². The molecule has 5 aromatic rings. The molecular formula is C24H15ClN2O2S. The van der Waals surface area contributed by atoms with Crippen LogP contribution < -0.4 is 5.32 Å². The van der Waals surface area contributed by atoms with Gasteiger partial charge in [-0.1, -0.05) is 60.1 Å². The van der Waals surface area contributed by atoms with E-state index >= 15 is 0 Å². The van der Waals surface area contributed by atoms with E-state index in [1.165, 1.54) is 16.7 Å². The first-order valence-electron chi connectivity index (χ1n) is 9.27. The van der Waals surface area contributed by atoms with E-state index in [0.29, 0.717) is 15.9 Å². The summed E-state index contributed by atoms with van der Waals surface area (Å²) in [6.45, 7) is 0. The third-order valence-electron chi connectivity index (χ3n) is 4.71. The molecule has 1 amide bonds. The second kappa shape index (κ2) is 7.78. The summed E-state index contributed by atoms with van der Waals surface area (Å²) in [5.41, 5.74) is 2.64. The third kappa shape index (κ3) is 3.73. The number of aromatic nitrogens is 1. The van der Waals surface area contributed by atoms with E-state index in [1.807, 2.05) is 35.7 Å². The SMILES string of the molecule is O=C(Nc1nc(-c2ccc3ccccc3c2)cs1)c1ccc(-c2cccc(Cl)c2)o1. The highest BCUT2D eigenvalue weighted by Gasteiger charge is 2.15. The summed E-state index contributed by atoms with van der Waals surface area (Å²) < 4.78 is 5.70. The summed E-state index contributed by atoms with van der Waals surface area (Å²) >= 11 is 7.40. The Hall–Kier alpha value is -3.41. The van der Waals surface area contributed by atoms with Gasteiger partial charge in [-0.25, -0.2) is 4.98 Å². The first-order chi connectivity index (χ1) is 14.7. The molecule has 2 aromatic heterocycles. The zero-order chi connectivity index (χ0) is 20.5. The van der Waals surface area contributed by atoms with Crippen LogP contribution in [0.3, 0.4) is 0 Å². The summed E-state index contributed by atoms with van der Waals surface area (Å²) in [5.74, 6) is 0.453. The lowest BCUT2D eigenvalue weighted by molar-refractivity contribution is 0.0997. The second-order valence-electron chi connectivity index (χ2n) is 6.73. The number of rotatable bonds is 4. The number of carbonyl (C=O) groups is 1. The van der Waals surface area contributed by atoms with Crippen molar-refractivity contribution in [2.24, 2.45) is 0 Å². The van der Waals surface area contributed by atoms with Gasteiger partial charge in [-0.05, 0) is 41.1 Å². The number of nitrogens with one attached hydrogen (secondary N) is 1. The maximum atomic E-state index is 12.6. The maximum absolute atomic E-state index is 12.6. The molecule has 0 unspecified atom stereocenters. The van der Waals surface area contributed by atoms with Gasteiger partial charge in [0.1, 0.15) is 5.76 Å². The first-order valence-corrected chi connectivity index (χ1v) is 10.5. The second-order valence-corrected chi connectivity index (χ2v) is 8.02. The summed E-state index contributed by atoms with van der Waals surface area (Å²) in [7, 11) is 0. The predicted molar refractivity (Wildman–Crippen MR) is 122 cm³/mol. The Morgan fingerprint density at radius 2 is 1.77 bits per heavy atom. The smallest absolute Gasteiger partial charge is 0.293 e. The number of furan rings is 1. The zero-order valence-corrected chi connectivity index (χ0v) is 17.2. The van der Waals surface area contributed by atoms with Gasteiger partial charge in [-0.3, -0.25) is 10.1 Å². The lowest BCUT2D eigenvalue weighted by atomic mass is 10.1. The molecule has 0 aliphatic rings. The lowest BCUT2D eigenvalue weighted by Crippen LogP contribution is -2.10. The van der Waals surface area contributed by atoms with Gasteiger partial charge >= 0.3 is 0 Å². The van der Waals surface area contributed by atoms with Crippen LogP contribution >= 0.6 is 22.9 Å². The van der Waals surface area contributed by atoms with E-state index in [4.69, 9.17) is 16.0 Å². The van der Waals surface area contributed by atoms with Crippen LogP contribution in [0.2, 0.25) is 5.02 Å². The van der Waals surface area contributed by atoms with E-state index in [-0.39, 0.29) is 11.7 Å². The van der Waals surface area contributed by atoms with E-state index < -0.39 is 0 Å². The molecule has 3 aromatic carbocycles. The Labute approximate surface area is 181 Å².